The van der Waals surface area contributed by atoms with Crippen molar-refractivity contribution in [1.29, 1.82) is 0 Å². The molecule has 0 aliphatic heterocycles. The molecule has 0 bridgehead atoms. The summed E-state index contributed by atoms with van der Waals surface area (Å²) in [7, 11) is 2.70. The molecule has 22 heavy (non-hydrogen) atoms. The number of methoxy groups -OCH3 is 2. The van der Waals surface area contributed by atoms with Crippen LogP contribution in [0.3, 0.4) is 0 Å². The van der Waals surface area contributed by atoms with Crippen LogP contribution >= 0.6 is 22.6 Å². The van der Waals surface area contributed by atoms with Crippen molar-refractivity contribution in [2.24, 2.45) is 0 Å². The number of ether oxygens (including phenoxy) is 3. The number of benzene rings is 2. The first-order valence-electron chi connectivity index (χ1n) is 6.14. The second kappa shape index (κ2) is 7.08. The second-order valence-corrected chi connectivity index (χ2v) is 5.41. The molecule has 2 aromatic rings. The van der Waals surface area contributed by atoms with Gasteiger partial charge in [-0.2, -0.15) is 0 Å². The van der Waals surface area contributed by atoms with Crippen LogP contribution in [0.1, 0.15) is 5.56 Å². The fourth-order valence-corrected chi connectivity index (χ4v) is 2.27. The van der Waals surface area contributed by atoms with Gasteiger partial charge in [-0.15, -0.1) is 0 Å². The largest absolute Gasteiger partial charge is 0.496 e. The van der Waals surface area contributed by atoms with Gasteiger partial charge in [0.25, 0.3) is 0 Å². The van der Waals surface area contributed by atoms with E-state index in [-0.39, 0.29) is 29.4 Å². The van der Waals surface area contributed by atoms with E-state index in [2.05, 4.69) is 0 Å². The van der Waals surface area contributed by atoms with Gasteiger partial charge in [0.2, 0.25) is 0 Å². The topological polar surface area (TPSA) is 27.7 Å². The van der Waals surface area contributed by atoms with Crippen molar-refractivity contribution >= 4 is 22.6 Å². The first-order chi connectivity index (χ1) is 10.5. The van der Waals surface area contributed by atoms with Crippen LogP contribution < -0.4 is 14.2 Å². The molecule has 0 saturated carbocycles. The average molecular weight is 424 g/mol. The summed E-state index contributed by atoms with van der Waals surface area (Å²) in [6, 6.07) is 4.86. The summed E-state index contributed by atoms with van der Waals surface area (Å²) in [5.41, 5.74) is -0.0658. The van der Waals surface area contributed by atoms with Crippen LogP contribution in [0.25, 0.3) is 0 Å². The Labute approximate surface area is 139 Å². The van der Waals surface area contributed by atoms with Crippen molar-refractivity contribution < 1.29 is 27.4 Å². The lowest BCUT2D eigenvalue weighted by atomic mass is 10.2. The van der Waals surface area contributed by atoms with Crippen LogP contribution in [0.15, 0.2) is 24.3 Å². The van der Waals surface area contributed by atoms with Gasteiger partial charge in [-0.3, -0.25) is 0 Å². The Morgan fingerprint density at radius 3 is 2.23 bits per heavy atom. The predicted octanol–water partition coefficient (Wildman–Crippen LogP) is 4.30. The summed E-state index contributed by atoms with van der Waals surface area (Å²) < 4.78 is 56.4. The minimum atomic E-state index is -1.05. The lowest BCUT2D eigenvalue weighted by Crippen LogP contribution is -2.05. The highest BCUT2D eigenvalue weighted by atomic mass is 127. The fourth-order valence-electron chi connectivity index (χ4n) is 1.83. The third-order valence-electron chi connectivity index (χ3n) is 2.95. The molecule has 2 aromatic carbocycles. The zero-order valence-electron chi connectivity index (χ0n) is 11.8. The first-order valence-corrected chi connectivity index (χ1v) is 7.22. The number of halogens is 4. The lowest BCUT2D eigenvalue weighted by Gasteiger charge is -2.14. The molecule has 0 radical (unpaired) electrons. The normalized spacial score (nSPS) is 10.5. The van der Waals surface area contributed by atoms with E-state index >= 15 is 0 Å². The average Bonchev–Trinajstić information content (AvgIpc) is 2.51. The van der Waals surface area contributed by atoms with Crippen LogP contribution in [0.4, 0.5) is 13.2 Å². The molecular formula is C15H12F3IO3. The third-order valence-corrected chi connectivity index (χ3v) is 3.78. The fraction of sp³-hybridized carbons (Fsp3) is 0.200. The number of rotatable bonds is 5. The Bertz CT molecular complexity index is 692. The van der Waals surface area contributed by atoms with Crippen LogP contribution in [-0.4, -0.2) is 14.2 Å². The Balaban J connectivity index is 2.31. The van der Waals surface area contributed by atoms with Crippen LogP contribution in [0, 0.1) is 21.0 Å². The van der Waals surface area contributed by atoms with Crippen LogP contribution in [0.5, 0.6) is 17.2 Å². The van der Waals surface area contributed by atoms with Gasteiger partial charge in [-0.25, -0.2) is 13.2 Å². The lowest BCUT2D eigenvalue weighted by molar-refractivity contribution is 0.269. The molecule has 0 aliphatic carbocycles. The Hall–Kier alpha value is -1.64. The molecule has 0 saturated heterocycles. The van der Waals surface area contributed by atoms with Gasteiger partial charge < -0.3 is 14.2 Å². The van der Waals surface area contributed by atoms with Crippen molar-refractivity contribution in [3.63, 3.8) is 0 Å². The standard InChI is InChI=1S/C15H12F3IO3/c1-20-12-4-3-9(16)15(18)8(12)7-22-14-6-11(19)10(17)5-13(14)21-2/h3-6H,7H2,1-2H3. The van der Waals surface area contributed by atoms with Gasteiger partial charge in [0.05, 0.1) is 23.4 Å². The quantitative estimate of drug-likeness (QED) is 0.670. The minimum Gasteiger partial charge on any atom is -0.496 e. The molecule has 0 fully saturated rings. The number of hydrogen-bond donors (Lipinski definition) is 0. The molecular weight excluding hydrogens is 412 g/mol. The van der Waals surface area contributed by atoms with Crippen molar-refractivity contribution in [2.75, 3.05) is 14.2 Å². The molecule has 118 valence electrons. The molecule has 0 atom stereocenters. The summed E-state index contributed by atoms with van der Waals surface area (Å²) in [6.07, 6.45) is 0. The van der Waals surface area contributed by atoms with E-state index < -0.39 is 17.5 Å². The maximum absolute atomic E-state index is 13.8. The summed E-state index contributed by atoms with van der Waals surface area (Å²) in [5.74, 6) is -1.96. The van der Waals surface area contributed by atoms with E-state index in [4.69, 9.17) is 14.2 Å². The first kappa shape index (κ1) is 16.7. The highest BCUT2D eigenvalue weighted by molar-refractivity contribution is 14.1. The Kier molecular flexibility index (Phi) is 5.38. The minimum absolute atomic E-state index is 0.0658. The van der Waals surface area contributed by atoms with Gasteiger partial charge in [0.15, 0.2) is 23.1 Å². The van der Waals surface area contributed by atoms with Crippen LogP contribution in [-0.2, 0) is 6.61 Å². The van der Waals surface area contributed by atoms with Crippen molar-refractivity contribution in [1.82, 2.24) is 0 Å². The van der Waals surface area contributed by atoms with Crippen LogP contribution in [0.2, 0.25) is 0 Å². The van der Waals surface area contributed by atoms with E-state index in [9.17, 15) is 13.2 Å². The summed E-state index contributed by atoms with van der Waals surface area (Å²) >= 11 is 1.79. The van der Waals surface area contributed by atoms with E-state index in [1.54, 1.807) is 22.6 Å². The zero-order valence-corrected chi connectivity index (χ0v) is 13.9. The maximum atomic E-state index is 13.8. The molecule has 0 amide bonds. The van der Waals surface area contributed by atoms with E-state index in [1.807, 2.05) is 0 Å². The molecule has 0 unspecified atom stereocenters. The van der Waals surface area contributed by atoms with Crippen molar-refractivity contribution in [3.05, 3.63) is 50.9 Å². The van der Waals surface area contributed by atoms with Gasteiger partial charge in [0, 0.05) is 12.1 Å². The molecule has 0 aromatic heterocycles. The molecule has 3 nitrogen and oxygen atoms in total. The van der Waals surface area contributed by atoms with E-state index in [0.717, 1.165) is 12.1 Å². The number of hydrogen-bond acceptors (Lipinski definition) is 3. The highest BCUT2D eigenvalue weighted by Gasteiger charge is 2.17. The second-order valence-electron chi connectivity index (χ2n) is 4.25. The molecule has 0 heterocycles. The van der Waals surface area contributed by atoms with Crippen molar-refractivity contribution in [2.45, 2.75) is 6.61 Å². The van der Waals surface area contributed by atoms with Gasteiger partial charge in [-0.05, 0) is 34.7 Å². The third kappa shape index (κ3) is 3.40. The van der Waals surface area contributed by atoms with Gasteiger partial charge in [-0.1, -0.05) is 0 Å². The molecule has 0 spiro atoms. The molecule has 7 heteroatoms. The van der Waals surface area contributed by atoms with Gasteiger partial charge in [0.1, 0.15) is 18.2 Å². The highest BCUT2D eigenvalue weighted by Crippen LogP contribution is 2.33. The molecule has 0 N–H and O–H groups in total. The van der Waals surface area contributed by atoms with Gasteiger partial charge >= 0.3 is 0 Å². The molecule has 2 rings (SSSR count). The van der Waals surface area contributed by atoms with E-state index in [0.29, 0.717) is 3.57 Å². The summed E-state index contributed by atoms with van der Waals surface area (Å²) in [6.45, 7) is -0.287. The predicted molar refractivity (Wildman–Crippen MR) is 82.9 cm³/mol. The SMILES string of the molecule is COc1cc(F)c(I)cc1OCc1c(OC)ccc(F)c1F. The maximum Gasteiger partial charge on any atom is 0.169 e. The summed E-state index contributed by atoms with van der Waals surface area (Å²) in [5, 5.41) is 0. The smallest absolute Gasteiger partial charge is 0.169 e. The Morgan fingerprint density at radius 1 is 0.909 bits per heavy atom. The monoisotopic (exact) mass is 424 g/mol. The van der Waals surface area contributed by atoms with E-state index in [1.165, 1.54) is 26.4 Å². The summed E-state index contributed by atoms with van der Waals surface area (Å²) in [4.78, 5) is 0. The van der Waals surface area contributed by atoms with Crippen molar-refractivity contribution in [3.8, 4) is 17.2 Å². The zero-order chi connectivity index (χ0) is 16.3. The Morgan fingerprint density at radius 2 is 1.59 bits per heavy atom. The molecule has 0 aliphatic rings.